The molecule has 0 bridgehead atoms. The van der Waals surface area contributed by atoms with Gasteiger partial charge in [0.25, 0.3) is 5.91 Å². The van der Waals surface area contributed by atoms with Gasteiger partial charge in [0.15, 0.2) is 0 Å². The number of hydrogen-bond donors (Lipinski definition) is 2. The highest BCUT2D eigenvalue weighted by Crippen LogP contribution is 2.44. The van der Waals surface area contributed by atoms with Crippen molar-refractivity contribution in [1.82, 2.24) is 5.32 Å². The van der Waals surface area contributed by atoms with Crippen LogP contribution in [0.4, 0.5) is 10.5 Å². The Hall–Kier alpha value is -4.04. The third-order valence-corrected chi connectivity index (χ3v) is 5.31. The average Bonchev–Trinajstić information content (AvgIpc) is 3.12. The minimum atomic E-state index is -0.606. The van der Waals surface area contributed by atoms with Gasteiger partial charge in [-0.3, -0.25) is 10.1 Å². The summed E-state index contributed by atoms with van der Waals surface area (Å²) in [4.78, 5) is 24.9. The Bertz CT molecular complexity index is 1120. The molecule has 3 aromatic rings. The fraction of sp³-hybridized carbons (Fsp3) is 0.154. The van der Waals surface area contributed by atoms with Gasteiger partial charge in [0, 0.05) is 18.9 Å². The van der Waals surface area contributed by atoms with Crippen molar-refractivity contribution in [2.24, 2.45) is 0 Å². The highest BCUT2D eigenvalue weighted by Gasteiger charge is 2.29. The maximum atomic E-state index is 12.5. The van der Waals surface area contributed by atoms with Gasteiger partial charge in [0.2, 0.25) is 0 Å². The summed E-state index contributed by atoms with van der Waals surface area (Å²) in [5.74, 6) is 2.15. The molecular formula is C26H22N2O3. The van der Waals surface area contributed by atoms with Gasteiger partial charge in [-0.2, -0.15) is 0 Å². The molecule has 4 rings (SSSR count). The predicted octanol–water partition coefficient (Wildman–Crippen LogP) is 4.80. The molecule has 5 nitrogen and oxygen atoms in total. The lowest BCUT2D eigenvalue weighted by atomic mass is 9.98. The molecule has 2 amide bonds. The average molecular weight is 410 g/mol. The maximum absolute atomic E-state index is 12.5. The molecule has 0 aromatic heterocycles. The molecule has 0 saturated heterocycles. The molecule has 31 heavy (non-hydrogen) atoms. The Labute approximate surface area is 181 Å². The van der Waals surface area contributed by atoms with Crippen molar-refractivity contribution in [2.45, 2.75) is 12.3 Å². The third kappa shape index (κ3) is 4.29. The molecule has 0 unspecified atom stereocenters. The molecule has 1 aliphatic rings. The Balaban J connectivity index is 1.44. The number of benzene rings is 3. The molecule has 1 aliphatic carbocycles. The maximum Gasteiger partial charge on any atom is 0.411 e. The number of carbonyl (C=O) groups is 2. The third-order valence-electron chi connectivity index (χ3n) is 5.31. The van der Waals surface area contributed by atoms with Gasteiger partial charge in [0.05, 0.1) is 11.3 Å². The van der Waals surface area contributed by atoms with Crippen molar-refractivity contribution in [2.75, 3.05) is 18.5 Å². The summed E-state index contributed by atoms with van der Waals surface area (Å²) >= 11 is 0. The van der Waals surface area contributed by atoms with Crippen LogP contribution in [0.15, 0.2) is 72.8 Å². The molecule has 154 valence electrons. The highest BCUT2D eigenvalue weighted by atomic mass is 16.5. The molecular weight excluding hydrogens is 388 g/mol. The summed E-state index contributed by atoms with van der Waals surface area (Å²) in [6.07, 6.45) is 5.05. The SMILES string of the molecule is C#CCCNC(=O)c1ccccc1NC(=O)OCC1c2ccccc2-c2ccccc21. The molecule has 0 saturated carbocycles. The topological polar surface area (TPSA) is 67.4 Å². The van der Waals surface area contributed by atoms with E-state index in [4.69, 9.17) is 11.2 Å². The van der Waals surface area contributed by atoms with Crippen LogP contribution in [0.2, 0.25) is 0 Å². The first-order valence-electron chi connectivity index (χ1n) is 10.1. The fourth-order valence-electron chi connectivity index (χ4n) is 3.88. The lowest BCUT2D eigenvalue weighted by molar-refractivity contribution is 0.0955. The second-order valence-electron chi connectivity index (χ2n) is 7.21. The summed E-state index contributed by atoms with van der Waals surface area (Å²) in [5.41, 5.74) is 5.36. The van der Waals surface area contributed by atoms with Gasteiger partial charge in [0.1, 0.15) is 6.61 Å². The van der Waals surface area contributed by atoms with Crippen LogP contribution in [0.25, 0.3) is 11.1 Å². The lowest BCUT2D eigenvalue weighted by Crippen LogP contribution is -2.26. The van der Waals surface area contributed by atoms with E-state index in [1.807, 2.05) is 24.3 Å². The highest BCUT2D eigenvalue weighted by molar-refractivity contribution is 6.02. The van der Waals surface area contributed by atoms with Crippen LogP contribution < -0.4 is 10.6 Å². The van der Waals surface area contributed by atoms with Gasteiger partial charge >= 0.3 is 6.09 Å². The number of rotatable bonds is 6. The quantitative estimate of drug-likeness (QED) is 0.453. The van der Waals surface area contributed by atoms with Gasteiger partial charge in [-0.05, 0) is 34.4 Å². The summed E-state index contributed by atoms with van der Waals surface area (Å²) in [5, 5.41) is 5.43. The zero-order valence-electron chi connectivity index (χ0n) is 16.9. The van der Waals surface area contributed by atoms with Crippen LogP contribution >= 0.6 is 0 Å². The monoisotopic (exact) mass is 410 g/mol. The van der Waals surface area contributed by atoms with E-state index in [2.05, 4.69) is 40.8 Å². The van der Waals surface area contributed by atoms with E-state index < -0.39 is 6.09 Å². The summed E-state index contributed by atoms with van der Waals surface area (Å²) < 4.78 is 5.57. The Morgan fingerprint density at radius 3 is 2.19 bits per heavy atom. The minimum absolute atomic E-state index is 0.0274. The molecule has 2 N–H and O–H groups in total. The molecule has 0 atom stereocenters. The van der Waals surface area contributed by atoms with Gasteiger partial charge in [-0.1, -0.05) is 60.7 Å². The first-order valence-corrected chi connectivity index (χ1v) is 10.1. The van der Waals surface area contributed by atoms with E-state index in [9.17, 15) is 9.59 Å². The fourth-order valence-corrected chi connectivity index (χ4v) is 3.88. The molecule has 0 aliphatic heterocycles. The number of hydrogen-bond acceptors (Lipinski definition) is 3. The first-order chi connectivity index (χ1) is 15.2. The number of fused-ring (bicyclic) bond motifs is 3. The van der Waals surface area contributed by atoms with Crippen molar-refractivity contribution in [3.05, 3.63) is 89.5 Å². The molecule has 3 aromatic carbocycles. The van der Waals surface area contributed by atoms with Gasteiger partial charge in [-0.15, -0.1) is 12.3 Å². The Kier molecular flexibility index (Phi) is 6.00. The van der Waals surface area contributed by atoms with Crippen LogP contribution in [-0.2, 0) is 4.74 Å². The zero-order chi connectivity index (χ0) is 21.6. The van der Waals surface area contributed by atoms with Crippen LogP contribution in [0.3, 0.4) is 0 Å². The van der Waals surface area contributed by atoms with Crippen LogP contribution in [0.5, 0.6) is 0 Å². The normalized spacial score (nSPS) is 11.7. The largest absolute Gasteiger partial charge is 0.448 e. The molecule has 0 fully saturated rings. The molecule has 0 heterocycles. The minimum Gasteiger partial charge on any atom is -0.448 e. The summed E-state index contributed by atoms with van der Waals surface area (Å²) in [6, 6.07) is 23.1. The second kappa shape index (κ2) is 9.19. The van der Waals surface area contributed by atoms with Crippen molar-refractivity contribution in [1.29, 1.82) is 0 Å². The number of carbonyl (C=O) groups excluding carboxylic acids is 2. The summed E-state index contributed by atoms with van der Waals surface area (Å²) in [6.45, 7) is 0.574. The van der Waals surface area contributed by atoms with Gasteiger partial charge < -0.3 is 10.1 Å². The number of amides is 2. The van der Waals surface area contributed by atoms with Crippen molar-refractivity contribution in [3.63, 3.8) is 0 Å². The van der Waals surface area contributed by atoms with E-state index in [0.29, 0.717) is 24.2 Å². The smallest absolute Gasteiger partial charge is 0.411 e. The molecule has 0 radical (unpaired) electrons. The van der Waals surface area contributed by atoms with E-state index in [0.717, 1.165) is 11.1 Å². The molecule has 5 heteroatoms. The van der Waals surface area contributed by atoms with E-state index in [1.165, 1.54) is 11.1 Å². The number of terminal acetylenes is 1. The first kappa shape index (κ1) is 20.2. The molecule has 0 spiro atoms. The number of para-hydroxylation sites is 1. The van der Waals surface area contributed by atoms with E-state index in [1.54, 1.807) is 24.3 Å². The van der Waals surface area contributed by atoms with Crippen LogP contribution in [0, 0.1) is 12.3 Å². The second-order valence-corrected chi connectivity index (χ2v) is 7.21. The van der Waals surface area contributed by atoms with Crippen LogP contribution in [0.1, 0.15) is 33.8 Å². The predicted molar refractivity (Wildman–Crippen MR) is 121 cm³/mol. The number of nitrogens with one attached hydrogen (secondary N) is 2. The van der Waals surface area contributed by atoms with Crippen molar-refractivity contribution in [3.8, 4) is 23.5 Å². The summed E-state index contributed by atoms with van der Waals surface area (Å²) in [7, 11) is 0. The Morgan fingerprint density at radius 2 is 1.52 bits per heavy atom. The lowest BCUT2D eigenvalue weighted by Gasteiger charge is -2.15. The Morgan fingerprint density at radius 1 is 0.903 bits per heavy atom. The van der Waals surface area contributed by atoms with Gasteiger partial charge in [-0.25, -0.2) is 4.79 Å². The zero-order valence-corrected chi connectivity index (χ0v) is 16.9. The number of ether oxygens (including phenoxy) is 1. The van der Waals surface area contributed by atoms with Crippen molar-refractivity contribution < 1.29 is 14.3 Å². The standard InChI is InChI=1S/C26H22N2O3/c1-2-3-16-27-25(29)22-14-8-9-15-24(22)28-26(30)31-17-23-20-12-6-4-10-18(20)19-11-5-7-13-21(19)23/h1,4-15,23H,3,16-17H2,(H,27,29)(H,28,30). The van der Waals surface area contributed by atoms with E-state index in [-0.39, 0.29) is 18.4 Å². The number of anilines is 1. The van der Waals surface area contributed by atoms with E-state index >= 15 is 0 Å². The van der Waals surface area contributed by atoms with Crippen molar-refractivity contribution >= 4 is 17.7 Å². The van der Waals surface area contributed by atoms with Crippen LogP contribution in [-0.4, -0.2) is 25.2 Å².